The van der Waals surface area contributed by atoms with Gasteiger partial charge in [0.1, 0.15) is 5.60 Å². The molecule has 10 nitrogen and oxygen atoms in total. The Hall–Kier alpha value is -3.16. The molecule has 3 heterocycles. The van der Waals surface area contributed by atoms with Gasteiger partial charge in [-0.1, -0.05) is 0 Å². The van der Waals surface area contributed by atoms with E-state index >= 15 is 0 Å². The molecule has 5 rings (SSSR count). The number of carbonyl (C=O) groups is 2. The van der Waals surface area contributed by atoms with Crippen LogP contribution in [0.4, 0.5) is 27.2 Å². The molecule has 2 N–H and O–H groups in total. The summed E-state index contributed by atoms with van der Waals surface area (Å²) in [5, 5.41) is 9.84. The quantitative estimate of drug-likeness (QED) is 0.456. The highest BCUT2D eigenvalue weighted by Gasteiger charge is 2.69. The summed E-state index contributed by atoms with van der Waals surface area (Å²) < 4.78 is 68.5. The lowest BCUT2D eigenvalue weighted by molar-refractivity contribution is -0.0500. The largest absolute Gasteiger partial charge is 0.444 e. The molecule has 1 saturated heterocycles. The van der Waals surface area contributed by atoms with E-state index in [0.717, 1.165) is 0 Å². The zero-order chi connectivity index (χ0) is 29.7. The van der Waals surface area contributed by atoms with Crippen molar-refractivity contribution in [1.29, 1.82) is 0 Å². The summed E-state index contributed by atoms with van der Waals surface area (Å²) in [5.41, 5.74) is 0.569. The normalized spacial score (nSPS) is 25.6. The van der Waals surface area contributed by atoms with E-state index in [1.165, 1.54) is 22.7 Å². The first-order valence-electron chi connectivity index (χ1n) is 13.8. The summed E-state index contributed by atoms with van der Waals surface area (Å²) in [6.07, 6.45) is 2.23. The molecule has 14 heteroatoms. The van der Waals surface area contributed by atoms with Crippen molar-refractivity contribution < 1.29 is 36.6 Å². The minimum absolute atomic E-state index is 0.0426. The van der Waals surface area contributed by atoms with E-state index in [-0.39, 0.29) is 51.3 Å². The lowest BCUT2D eigenvalue weighted by atomic mass is 9.81. The van der Waals surface area contributed by atoms with Crippen LogP contribution in [0.1, 0.15) is 69.8 Å². The van der Waals surface area contributed by atoms with Crippen molar-refractivity contribution >= 4 is 17.8 Å². The molecule has 41 heavy (non-hydrogen) atoms. The second kappa shape index (κ2) is 10.6. The number of alkyl carbamates (subject to hydrolysis) is 1. The molecule has 1 aliphatic heterocycles. The molecule has 0 radical (unpaired) electrons. The lowest BCUT2D eigenvalue weighted by Gasteiger charge is -2.33. The Balaban J connectivity index is 1.43. The smallest absolute Gasteiger partial charge is 0.408 e. The summed E-state index contributed by atoms with van der Waals surface area (Å²) in [4.78, 5) is 31.6. The number of nitrogens with zero attached hydrogens (tertiary/aromatic N) is 4. The molecule has 3 amide bonds. The van der Waals surface area contributed by atoms with Crippen molar-refractivity contribution in [1.82, 2.24) is 30.1 Å². The zero-order valence-electron chi connectivity index (χ0n) is 23.5. The molecule has 2 aliphatic carbocycles. The van der Waals surface area contributed by atoms with Gasteiger partial charge < -0.3 is 25.0 Å². The summed E-state index contributed by atoms with van der Waals surface area (Å²) in [5.74, 6) is -7.70. The fourth-order valence-electron chi connectivity index (χ4n) is 5.88. The standard InChI is InChI=1S/C27H36F4N6O4/c1-25(2,3)41-24(39)35-22(15-5-7-26(28,29)8-6-15)19-13-37-21(34-19)9-16(10-33-37)20(14-40-4)36-12-18-17(27(18,30)31)11-32-23(36)38/h9-10,13,15,17-18,20,22H,5-8,11-12,14H2,1-4H3,(H,32,38)(H,35,39)/t17-,18+,20-,22+/m1/s1. The molecule has 0 unspecified atom stereocenters. The number of methoxy groups -OCH3 is 1. The number of ether oxygens (including phenoxy) is 2. The zero-order valence-corrected chi connectivity index (χ0v) is 23.5. The van der Waals surface area contributed by atoms with E-state index in [1.54, 1.807) is 33.0 Å². The van der Waals surface area contributed by atoms with Gasteiger partial charge in [-0.05, 0) is 45.6 Å². The Labute approximate surface area is 235 Å². The van der Waals surface area contributed by atoms with E-state index in [0.29, 0.717) is 16.9 Å². The molecule has 0 bridgehead atoms. The Kier molecular flexibility index (Phi) is 7.58. The number of rotatable bonds is 7. The number of aromatic nitrogens is 3. The van der Waals surface area contributed by atoms with Crippen LogP contribution < -0.4 is 10.6 Å². The molecule has 0 aromatic carbocycles. The van der Waals surface area contributed by atoms with Gasteiger partial charge in [-0.2, -0.15) is 5.10 Å². The van der Waals surface area contributed by atoms with Crippen molar-refractivity contribution in [3.05, 3.63) is 29.7 Å². The number of hydrogen-bond donors (Lipinski definition) is 2. The van der Waals surface area contributed by atoms with Gasteiger partial charge in [-0.3, -0.25) is 0 Å². The van der Waals surface area contributed by atoms with Crippen LogP contribution in [0.15, 0.2) is 18.5 Å². The topological polar surface area (TPSA) is 110 Å². The average molecular weight is 585 g/mol. The number of halogens is 4. The van der Waals surface area contributed by atoms with E-state index in [1.807, 2.05) is 0 Å². The maximum Gasteiger partial charge on any atom is 0.408 e. The second-order valence-corrected chi connectivity index (χ2v) is 12.3. The van der Waals surface area contributed by atoms with Crippen LogP contribution in [-0.4, -0.2) is 75.9 Å². The minimum Gasteiger partial charge on any atom is -0.444 e. The molecule has 2 aromatic rings. The van der Waals surface area contributed by atoms with Crippen molar-refractivity contribution in [2.24, 2.45) is 17.8 Å². The summed E-state index contributed by atoms with van der Waals surface area (Å²) >= 11 is 0. The van der Waals surface area contributed by atoms with Crippen molar-refractivity contribution in [3.8, 4) is 0 Å². The van der Waals surface area contributed by atoms with Gasteiger partial charge in [0.15, 0.2) is 5.65 Å². The number of urea groups is 1. The van der Waals surface area contributed by atoms with Crippen LogP contribution in [-0.2, 0) is 9.47 Å². The summed E-state index contributed by atoms with van der Waals surface area (Å²) in [7, 11) is 1.46. The van der Waals surface area contributed by atoms with Gasteiger partial charge in [-0.25, -0.2) is 36.7 Å². The number of hydrogen-bond acceptors (Lipinski definition) is 6. The fourth-order valence-corrected chi connectivity index (χ4v) is 5.88. The summed E-state index contributed by atoms with van der Waals surface area (Å²) in [6.45, 7) is 5.00. The summed E-state index contributed by atoms with van der Waals surface area (Å²) in [6, 6.07) is -0.189. The Morgan fingerprint density at radius 1 is 1.22 bits per heavy atom. The number of amides is 3. The third-order valence-electron chi connectivity index (χ3n) is 8.16. The van der Waals surface area contributed by atoms with Crippen LogP contribution >= 0.6 is 0 Å². The maximum atomic E-state index is 14.2. The highest BCUT2D eigenvalue weighted by atomic mass is 19.3. The minimum atomic E-state index is -2.83. The molecule has 3 aliphatic rings. The maximum absolute atomic E-state index is 14.2. The highest BCUT2D eigenvalue weighted by molar-refractivity contribution is 5.75. The van der Waals surface area contributed by atoms with Gasteiger partial charge in [0, 0.05) is 38.6 Å². The lowest BCUT2D eigenvalue weighted by Crippen LogP contribution is -2.44. The number of alkyl halides is 4. The van der Waals surface area contributed by atoms with Gasteiger partial charge in [0.2, 0.25) is 5.92 Å². The SMILES string of the molecule is COC[C@H](c1cnn2cc([C@@H](NC(=O)OC(C)(C)C)C3CCC(F)(F)CC3)nc2c1)N1C[C@H]2[C@@H](CNC1=O)C2(F)F. The van der Waals surface area contributed by atoms with E-state index in [2.05, 4.69) is 20.7 Å². The van der Waals surface area contributed by atoms with Crippen LogP contribution in [0, 0.1) is 17.8 Å². The molecule has 0 spiro atoms. The molecule has 4 atom stereocenters. The molecule has 2 aromatic heterocycles. The Morgan fingerprint density at radius 2 is 1.93 bits per heavy atom. The predicted octanol–water partition coefficient (Wildman–Crippen LogP) is 4.71. The predicted molar refractivity (Wildman–Crippen MR) is 139 cm³/mol. The first-order chi connectivity index (χ1) is 19.2. The molecule has 3 fully saturated rings. The van der Waals surface area contributed by atoms with Crippen LogP contribution in [0.3, 0.4) is 0 Å². The number of imidazole rings is 1. The first-order valence-corrected chi connectivity index (χ1v) is 13.8. The second-order valence-electron chi connectivity index (χ2n) is 12.3. The molecule has 2 saturated carbocycles. The van der Waals surface area contributed by atoms with Crippen LogP contribution in [0.25, 0.3) is 5.65 Å². The van der Waals surface area contributed by atoms with E-state index in [4.69, 9.17) is 9.47 Å². The van der Waals surface area contributed by atoms with Gasteiger partial charge >= 0.3 is 12.1 Å². The van der Waals surface area contributed by atoms with Gasteiger partial charge in [0.25, 0.3) is 5.92 Å². The van der Waals surface area contributed by atoms with Crippen molar-refractivity contribution in [2.75, 3.05) is 26.8 Å². The highest BCUT2D eigenvalue weighted by Crippen LogP contribution is 2.56. The van der Waals surface area contributed by atoms with Crippen LogP contribution in [0.5, 0.6) is 0 Å². The number of carbonyl (C=O) groups excluding carboxylic acids is 2. The molecular weight excluding hydrogens is 548 g/mol. The van der Waals surface area contributed by atoms with Crippen molar-refractivity contribution in [2.45, 2.75) is 76.0 Å². The van der Waals surface area contributed by atoms with Crippen LogP contribution in [0.2, 0.25) is 0 Å². The molecule has 226 valence electrons. The number of nitrogens with one attached hydrogen (secondary N) is 2. The van der Waals surface area contributed by atoms with E-state index < -0.39 is 53.5 Å². The third kappa shape index (κ3) is 6.21. The Morgan fingerprint density at radius 3 is 2.59 bits per heavy atom. The van der Waals surface area contributed by atoms with Gasteiger partial charge in [-0.15, -0.1) is 0 Å². The monoisotopic (exact) mass is 584 g/mol. The average Bonchev–Trinajstić information content (AvgIpc) is 3.21. The third-order valence-corrected chi connectivity index (χ3v) is 8.16. The number of fused-ring (bicyclic) bond motifs is 2. The van der Waals surface area contributed by atoms with Crippen molar-refractivity contribution in [3.63, 3.8) is 0 Å². The first kappa shape index (κ1) is 29.3. The van der Waals surface area contributed by atoms with E-state index in [9.17, 15) is 27.2 Å². The van der Waals surface area contributed by atoms with Gasteiger partial charge in [0.05, 0.1) is 48.6 Å². The molecular formula is C27H36F4N6O4. The fraction of sp³-hybridized carbons (Fsp3) is 0.704. The Bertz CT molecular complexity index is 1290.